The van der Waals surface area contributed by atoms with E-state index >= 15 is 0 Å². The zero-order valence-electron chi connectivity index (χ0n) is 10.8. The van der Waals surface area contributed by atoms with Gasteiger partial charge in [0.2, 0.25) is 5.88 Å². The SMILES string of the molecule is CCCC(C)COc1c(N)c(CC)nn1C. The number of anilines is 1. The number of hydrogen-bond acceptors (Lipinski definition) is 3. The van der Waals surface area contributed by atoms with E-state index in [1.165, 1.54) is 12.8 Å². The van der Waals surface area contributed by atoms with Gasteiger partial charge in [-0.25, -0.2) is 4.68 Å². The van der Waals surface area contributed by atoms with E-state index in [1.807, 2.05) is 14.0 Å². The van der Waals surface area contributed by atoms with Crippen LogP contribution in [0.2, 0.25) is 0 Å². The summed E-state index contributed by atoms with van der Waals surface area (Å²) in [4.78, 5) is 0. The second-order valence-electron chi connectivity index (χ2n) is 4.35. The molecule has 0 saturated carbocycles. The Morgan fingerprint density at radius 2 is 2.12 bits per heavy atom. The number of rotatable bonds is 6. The number of aryl methyl sites for hydroxylation is 2. The van der Waals surface area contributed by atoms with Crippen LogP contribution in [0.1, 0.15) is 39.3 Å². The molecule has 0 aliphatic carbocycles. The first kappa shape index (κ1) is 12.9. The number of nitrogens with two attached hydrogens (primary N) is 1. The highest BCUT2D eigenvalue weighted by molar-refractivity contribution is 5.53. The molecule has 2 N–H and O–H groups in total. The van der Waals surface area contributed by atoms with Gasteiger partial charge in [0.05, 0.1) is 12.3 Å². The molecule has 4 heteroatoms. The summed E-state index contributed by atoms with van der Waals surface area (Å²) >= 11 is 0. The summed E-state index contributed by atoms with van der Waals surface area (Å²) in [6.45, 7) is 7.13. The van der Waals surface area contributed by atoms with Gasteiger partial charge in [0.25, 0.3) is 0 Å². The topological polar surface area (TPSA) is 53.1 Å². The van der Waals surface area contributed by atoms with E-state index in [1.54, 1.807) is 4.68 Å². The van der Waals surface area contributed by atoms with Crippen molar-refractivity contribution in [1.82, 2.24) is 9.78 Å². The van der Waals surface area contributed by atoms with Crippen LogP contribution in [0.25, 0.3) is 0 Å². The minimum absolute atomic E-state index is 0.560. The Morgan fingerprint density at radius 3 is 2.62 bits per heavy atom. The van der Waals surface area contributed by atoms with Crippen molar-refractivity contribution in [3.8, 4) is 5.88 Å². The third-order valence-electron chi connectivity index (χ3n) is 2.73. The quantitative estimate of drug-likeness (QED) is 0.808. The van der Waals surface area contributed by atoms with Crippen LogP contribution in [0.3, 0.4) is 0 Å². The largest absolute Gasteiger partial charge is 0.476 e. The molecule has 0 bridgehead atoms. The normalized spacial score (nSPS) is 12.8. The second-order valence-corrected chi connectivity index (χ2v) is 4.35. The Balaban J connectivity index is 2.63. The van der Waals surface area contributed by atoms with E-state index in [4.69, 9.17) is 10.5 Å². The Bertz CT molecular complexity index is 333. The van der Waals surface area contributed by atoms with Gasteiger partial charge < -0.3 is 10.5 Å². The van der Waals surface area contributed by atoms with Gasteiger partial charge in [-0.2, -0.15) is 5.10 Å². The highest BCUT2D eigenvalue weighted by Gasteiger charge is 2.14. The number of hydrogen-bond donors (Lipinski definition) is 1. The minimum atomic E-state index is 0.560. The molecule has 0 radical (unpaired) electrons. The molecule has 1 aromatic heterocycles. The van der Waals surface area contributed by atoms with Gasteiger partial charge in [0.1, 0.15) is 5.69 Å². The van der Waals surface area contributed by atoms with Crippen LogP contribution in [0, 0.1) is 5.92 Å². The van der Waals surface area contributed by atoms with E-state index in [9.17, 15) is 0 Å². The van der Waals surface area contributed by atoms with Crippen LogP contribution in [-0.2, 0) is 13.5 Å². The van der Waals surface area contributed by atoms with Gasteiger partial charge >= 0.3 is 0 Å². The van der Waals surface area contributed by atoms with Crippen molar-refractivity contribution in [3.63, 3.8) is 0 Å². The van der Waals surface area contributed by atoms with Gasteiger partial charge in [-0.3, -0.25) is 0 Å². The number of nitrogens with zero attached hydrogens (tertiary/aromatic N) is 2. The summed E-state index contributed by atoms with van der Waals surface area (Å²) in [7, 11) is 1.87. The molecule has 1 rings (SSSR count). The zero-order chi connectivity index (χ0) is 12.1. The van der Waals surface area contributed by atoms with E-state index in [-0.39, 0.29) is 0 Å². The first-order chi connectivity index (χ1) is 7.60. The van der Waals surface area contributed by atoms with Gasteiger partial charge in [-0.15, -0.1) is 0 Å². The standard InChI is InChI=1S/C12H23N3O/c1-5-7-9(3)8-16-12-11(13)10(6-2)14-15(12)4/h9H,5-8,13H2,1-4H3. The molecule has 0 amide bonds. The van der Waals surface area contributed by atoms with Crippen LogP contribution in [0.15, 0.2) is 0 Å². The molecule has 0 fully saturated rings. The van der Waals surface area contributed by atoms with Crippen molar-refractivity contribution < 1.29 is 4.74 Å². The molecule has 0 saturated heterocycles. The maximum absolute atomic E-state index is 5.97. The third kappa shape index (κ3) is 2.90. The Kier molecular flexibility index (Phi) is 4.65. The Hall–Kier alpha value is -1.19. The number of aromatic nitrogens is 2. The second kappa shape index (κ2) is 5.77. The van der Waals surface area contributed by atoms with Crippen molar-refractivity contribution in [2.45, 2.75) is 40.0 Å². The van der Waals surface area contributed by atoms with Gasteiger partial charge in [0, 0.05) is 7.05 Å². The number of nitrogen functional groups attached to an aromatic ring is 1. The molecule has 0 aromatic carbocycles. The molecule has 1 heterocycles. The average molecular weight is 225 g/mol. The predicted octanol–water partition coefficient (Wildman–Crippen LogP) is 2.38. The zero-order valence-corrected chi connectivity index (χ0v) is 10.8. The summed E-state index contributed by atoms with van der Waals surface area (Å²) in [6, 6.07) is 0. The average Bonchev–Trinajstić information content (AvgIpc) is 2.52. The van der Waals surface area contributed by atoms with Crippen LogP contribution >= 0.6 is 0 Å². The first-order valence-electron chi connectivity index (χ1n) is 6.04. The first-order valence-corrected chi connectivity index (χ1v) is 6.04. The fraction of sp³-hybridized carbons (Fsp3) is 0.750. The van der Waals surface area contributed by atoms with Crippen molar-refractivity contribution in [3.05, 3.63) is 5.69 Å². The van der Waals surface area contributed by atoms with Crippen LogP contribution in [0.5, 0.6) is 5.88 Å². The molecule has 92 valence electrons. The molecular weight excluding hydrogens is 202 g/mol. The maximum atomic E-state index is 5.97. The van der Waals surface area contributed by atoms with E-state index < -0.39 is 0 Å². The molecule has 0 spiro atoms. The smallest absolute Gasteiger partial charge is 0.235 e. The van der Waals surface area contributed by atoms with Gasteiger partial charge in [0.15, 0.2) is 0 Å². The van der Waals surface area contributed by atoms with Crippen molar-refractivity contribution in [2.75, 3.05) is 12.3 Å². The Morgan fingerprint density at radius 1 is 1.44 bits per heavy atom. The lowest BCUT2D eigenvalue weighted by molar-refractivity contribution is 0.234. The fourth-order valence-corrected chi connectivity index (χ4v) is 1.81. The van der Waals surface area contributed by atoms with Crippen LogP contribution in [0.4, 0.5) is 5.69 Å². The molecule has 1 unspecified atom stereocenters. The molecule has 1 aromatic rings. The monoisotopic (exact) mass is 225 g/mol. The lowest BCUT2D eigenvalue weighted by atomic mass is 10.1. The fourth-order valence-electron chi connectivity index (χ4n) is 1.81. The molecular formula is C12H23N3O. The van der Waals surface area contributed by atoms with Gasteiger partial charge in [-0.1, -0.05) is 27.2 Å². The summed E-state index contributed by atoms with van der Waals surface area (Å²) in [6.07, 6.45) is 3.21. The van der Waals surface area contributed by atoms with Crippen molar-refractivity contribution in [1.29, 1.82) is 0 Å². The summed E-state index contributed by atoms with van der Waals surface area (Å²) in [5.74, 6) is 1.27. The van der Waals surface area contributed by atoms with Crippen LogP contribution in [-0.4, -0.2) is 16.4 Å². The molecule has 4 nitrogen and oxygen atoms in total. The molecule has 1 atom stereocenters. The van der Waals surface area contributed by atoms with E-state index in [0.29, 0.717) is 24.1 Å². The van der Waals surface area contributed by atoms with E-state index in [2.05, 4.69) is 18.9 Å². The molecule has 0 aliphatic rings. The van der Waals surface area contributed by atoms with E-state index in [0.717, 1.165) is 12.1 Å². The van der Waals surface area contributed by atoms with Crippen molar-refractivity contribution >= 4 is 5.69 Å². The Labute approximate surface area is 97.8 Å². The highest BCUT2D eigenvalue weighted by Crippen LogP contribution is 2.25. The minimum Gasteiger partial charge on any atom is -0.476 e. The third-order valence-corrected chi connectivity index (χ3v) is 2.73. The van der Waals surface area contributed by atoms with Crippen molar-refractivity contribution in [2.24, 2.45) is 13.0 Å². The number of ether oxygens (including phenoxy) is 1. The summed E-state index contributed by atoms with van der Waals surface area (Å²) in [5.41, 5.74) is 7.57. The lowest BCUT2D eigenvalue weighted by Gasteiger charge is -2.12. The maximum Gasteiger partial charge on any atom is 0.235 e. The van der Waals surface area contributed by atoms with Gasteiger partial charge in [-0.05, 0) is 18.8 Å². The predicted molar refractivity (Wildman–Crippen MR) is 66.6 cm³/mol. The highest BCUT2D eigenvalue weighted by atomic mass is 16.5. The van der Waals surface area contributed by atoms with Crippen LogP contribution < -0.4 is 10.5 Å². The molecule has 0 aliphatic heterocycles. The summed E-state index contributed by atoms with van der Waals surface area (Å²) < 4.78 is 7.47. The summed E-state index contributed by atoms with van der Waals surface area (Å²) in [5, 5.41) is 4.32. The molecule has 16 heavy (non-hydrogen) atoms. The lowest BCUT2D eigenvalue weighted by Crippen LogP contribution is -2.11.